The van der Waals surface area contributed by atoms with Crippen molar-refractivity contribution in [1.82, 2.24) is 5.32 Å². The minimum atomic E-state index is -0.762. The van der Waals surface area contributed by atoms with E-state index in [4.69, 9.17) is 4.74 Å². The zero-order valence-electron chi connectivity index (χ0n) is 12.6. The normalized spacial score (nSPS) is 20.7. The van der Waals surface area contributed by atoms with Crippen molar-refractivity contribution in [1.29, 1.82) is 0 Å². The number of hydrogen-bond acceptors (Lipinski definition) is 6. The zero-order chi connectivity index (χ0) is 17.0. The molecule has 0 saturated heterocycles. The molecule has 9 heteroatoms. The molecule has 0 heterocycles. The van der Waals surface area contributed by atoms with Crippen LogP contribution >= 0.6 is 0 Å². The van der Waals surface area contributed by atoms with Crippen LogP contribution in [-0.2, 0) is 4.74 Å². The highest BCUT2D eigenvalue weighted by atomic mass is 16.6. The number of amides is 1. The van der Waals surface area contributed by atoms with Gasteiger partial charge in [-0.15, -0.1) is 0 Å². The number of non-ortho nitro benzene ring substituents is 2. The molecule has 0 radical (unpaired) electrons. The van der Waals surface area contributed by atoms with Gasteiger partial charge in [0.05, 0.1) is 33.6 Å². The third-order valence-corrected chi connectivity index (χ3v) is 3.91. The predicted molar refractivity (Wildman–Crippen MR) is 80.3 cm³/mol. The molecular weight excluding hydrogens is 306 g/mol. The Balaban J connectivity index is 2.24. The van der Waals surface area contributed by atoms with Crippen molar-refractivity contribution in [2.75, 3.05) is 7.11 Å². The van der Waals surface area contributed by atoms with Crippen LogP contribution in [-0.4, -0.2) is 35.0 Å². The first kappa shape index (κ1) is 16.8. The van der Waals surface area contributed by atoms with E-state index in [1.807, 2.05) is 0 Å². The molecule has 0 unspecified atom stereocenters. The molecule has 1 saturated carbocycles. The number of hydrogen-bond donors (Lipinski definition) is 1. The SMILES string of the molecule is CO[C@H]1CCCC[C@@H]1NC(=O)c1cc([N+](=O)[O-])cc([N+](=O)[O-])c1. The molecule has 0 aliphatic heterocycles. The van der Waals surface area contributed by atoms with Crippen molar-refractivity contribution < 1.29 is 19.4 Å². The lowest BCUT2D eigenvalue weighted by molar-refractivity contribution is -0.394. The van der Waals surface area contributed by atoms with Crippen LogP contribution in [0, 0.1) is 20.2 Å². The third kappa shape index (κ3) is 4.01. The maximum atomic E-state index is 12.3. The summed E-state index contributed by atoms with van der Waals surface area (Å²) in [4.78, 5) is 32.5. The van der Waals surface area contributed by atoms with Gasteiger partial charge in [-0.2, -0.15) is 0 Å². The van der Waals surface area contributed by atoms with Crippen molar-refractivity contribution in [3.63, 3.8) is 0 Å². The summed E-state index contributed by atoms with van der Waals surface area (Å²) in [5, 5.41) is 24.5. The number of rotatable bonds is 5. The van der Waals surface area contributed by atoms with Gasteiger partial charge in [0.1, 0.15) is 0 Å². The summed E-state index contributed by atoms with van der Waals surface area (Å²) in [6, 6.07) is 2.69. The minimum absolute atomic E-state index is 0.105. The maximum absolute atomic E-state index is 12.3. The van der Waals surface area contributed by atoms with E-state index in [1.165, 1.54) is 0 Å². The van der Waals surface area contributed by atoms with Crippen LogP contribution in [0.2, 0.25) is 0 Å². The number of carbonyl (C=O) groups excluding carboxylic acids is 1. The van der Waals surface area contributed by atoms with Crippen LogP contribution in [0.4, 0.5) is 11.4 Å². The van der Waals surface area contributed by atoms with Crippen molar-refractivity contribution in [2.45, 2.75) is 37.8 Å². The number of ether oxygens (including phenoxy) is 1. The summed E-state index contributed by atoms with van der Waals surface area (Å²) >= 11 is 0. The first-order valence-electron chi connectivity index (χ1n) is 7.20. The average molecular weight is 323 g/mol. The van der Waals surface area contributed by atoms with Crippen molar-refractivity contribution >= 4 is 17.3 Å². The van der Waals surface area contributed by atoms with E-state index in [2.05, 4.69) is 5.32 Å². The number of nitro benzene ring substituents is 2. The lowest BCUT2D eigenvalue weighted by Gasteiger charge is -2.31. The molecule has 1 aliphatic rings. The van der Waals surface area contributed by atoms with Gasteiger partial charge in [-0.3, -0.25) is 25.0 Å². The van der Waals surface area contributed by atoms with E-state index in [1.54, 1.807) is 7.11 Å². The summed E-state index contributed by atoms with van der Waals surface area (Å²) in [6.45, 7) is 0. The largest absolute Gasteiger partial charge is 0.379 e. The molecule has 1 amide bonds. The van der Waals surface area contributed by atoms with Crippen LogP contribution < -0.4 is 5.32 Å². The van der Waals surface area contributed by atoms with Gasteiger partial charge in [0.25, 0.3) is 17.3 Å². The summed E-state index contributed by atoms with van der Waals surface area (Å²) in [6.07, 6.45) is 3.38. The molecule has 1 aromatic rings. The molecule has 2 rings (SSSR count). The highest BCUT2D eigenvalue weighted by Crippen LogP contribution is 2.24. The quantitative estimate of drug-likeness (QED) is 0.654. The molecule has 1 aliphatic carbocycles. The van der Waals surface area contributed by atoms with E-state index < -0.39 is 27.1 Å². The highest BCUT2D eigenvalue weighted by Gasteiger charge is 2.28. The lowest BCUT2D eigenvalue weighted by atomic mass is 9.92. The van der Waals surface area contributed by atoms with E-state index in [0.29, 0.717) is 0 Å². The summed E-state index contributed by atoms with van der Waals surface area (Å²) < 4.78 is 5.33. The van der Waals surface area contributed by atoms with E-state index in [9.17, 15) is 25.0 Å². The molecule has 1 aromatic carbocycles. The zero-order valence-corrected chi connectivity index (χ0v) is 12.6. The van der Waals surface area contributed by atoms with Gasteiger partial charge < -0.3 is 10.1 Å². The van der Waals surface area contributed by atoms with Crippen LogP contribution in [0.15, 0.2) is 18.2 Å². The molecule has 0 aromatic heterocycles. The molecule has 0 bridgehead atoms. The number of nitrogens with zero attached hydrogens (tertiary/aromatic N) is 2. The van der Waals surface area contributed by atoms with Crippen molar-refractivity contribution in [3.05, 3.63) is 44.0 Å². The molecule has 1 N–H and O–H groups in total. The number of methoxy groups -OCH3 is 1. The standard InChI is InChI=1S/C14H17N3O6/c1-23-13-5-3-2-4-12(13)15-14(18)9-6-10(16(19)20)8-11(7-9)17(21)22/h6-8,12-13H,2-5H2,1H3,(H,15,18)/t12-,13-/m0/s1. The Hall–Kier alpha value is -2.55. The van der Waals surface area contributed by atoms with E-state index in [0.717, 1.165) is 43.9 Å². The average Bonchev–Trinajstić information content (AvgIpc) is 2.54. The molecule has 9 nitrogen and oxygen atoms in total. The van der Waals surface area contributed by atoms with Gasteiger partial charge in [0, 0.05) is 19.2 Å². The van der Waals surface area contributed by atoms with Gasteiger partial charge in [-0.1, -0.05) is 12.8 Å². The van der Waals surface area contributed by atoms with Gasteiger partial charge >= 0.3 is 0 Å². The Morgan fingerprint density at radius 2 is 1.70 bits per heavy atom. The number of nitro groups is 2. The molecule has 2 atom stereocenters. The predicted octanol–water partition coefficient (Wildman–Crippen LogP) is 2.19. The van der Waals surface area contributed by atoms with Gasteiger partial charge in [-0.05, 0) is 12.8 Å². The van der Waals surface area contributed by atoms with E-state index in [-0.39, 0.29) is 17.7 Å². The van der Waals surface area contributed by atoms with Crippen LogP contribution in [0.25, 0.3) is 0 Å². The molecule has 0 spiro atoms. The van der Waals surface area contributed by atoms with E-state index >= 15 is 0 Å². The second-order valence-corrected chi connectivity index (χ2v) is 5.39. The fraction of sp³-hybridized carbons (Fsp3) is 0.500. The Bertz CT molecular complexity index is 601. The number of benzene rings is 1. The smallest absolute Gasteiger partial charge is 0.277 e. The van der Waals surface area contributed by atoms with Gasteiger partial charge in [0.15, 0.2) is 0 Å². The molecule has 124 valence electrons. The summed E-state index contributed by atoms with van der Waals surface area (Å²) in [5.41, 5.74) is -1.08. The maximum Gasteiger partial charge on any atom is 0.277 e. The second kappa shape index (κ2) is 7.14. The fourth-order valence-electron chi connectivity index (χ4n) is 2.73. The third-order valence-electron chi connectivity index (χ3n) is 3.91. The highest BCUT2D eigenvalue weighted by molar-refractivity contribution is 5.95. The van der Waals surface area contributed by atoms with Crippen LogP contribution in [0.5, 0.6) is 0 Å². The first-order valence-corrected chi connectivity index (χ1v) is 7.20. The number of carbonyl (C=O) groups is 1. The molecular formula is C14H17N3O6. The summed E-state index contributed by atoms with van der Waals surface area (Å²) in [7, 11) is 1.56. The van der Waals surface area contributed by atoms with Crippen molar-refractivity contribution in [2.24, 2.45) is 0 Å². The second-order valence-electron chi connectivity index (χ2n) is 5.39. The lowest BCUT2D eigenvalue weighted by Crippen LogP contribution is -2.45. The number of nitrogens with one attached hydrogen (secondary N) is 1. The Morgan fingerprint density at radius 1 is 1.13 bits per heavy atom. The van der Waals surface area contributed by atoms with Gasteiger partial charge in [0.2, 0.25) is 0 Å². The Labute approximate surface area is 131 Å². The first-order chi connectivity index (χ1) is 10.9. The molecule has 23 heavy (non-hydrogen) atoms. The monoisotopic (exact) mass is 323 g/mol. The van der Waals surface area contributed by atoms with Crippen LogP contribution in [0.3, 0.4) is 0 Å². The molecule has 1 fully saturated rings. The minimum Gasteiger partial charge on any atom is -0.379 e. The fourth-order valence-corrected chi connectivity index (χ4v) is 2.73. The van der Waals surface area contributed by atoms with Crippen molar-refractivity contribution in [3.8, 4) is 0 Å². The Kier molecular flexibility index (Phi) is 5.22. The topological polar surface area (TPSA) is 125 Å². The van der Waals surface area contributed by atoms with Gasteiger partial charge in [-0.25, -0.2) is 0 Å². The summed E-state index contributed by atoms with van der Waals surface area (Å²) in [5.74, 6) is -0.578. The Morgan fingerprint density at radius 3 is 2.22 bits per heavy atom. The van der Waals surface area contributed by atoms with Crippen LogP contribution in [0.1, 0.15) is 36.0 Å².